The van der Waals surface area contributed by atoms with Crippen molar-refractivity contribution in [3.63, 3.8) is 0 Å². The van der Waals surface area contributed by atoms with Crippen LogP contribution in [0.25, 0.3) is 0 Å². The number of aliphatic hydroxyl groups is 5. The molecule has 11 nitrogen and oxygen atoms in total. The van der Waals surface area contributed by atoms with Crippen molar-refractivity contribution in [3.8, 4) is 0 Å². The molecule has 0 aromatic heterocycles. The molecule has 0 aromatic rings. The monoisotopic (exact) mass is 692 g/mol. The highest BCUT2D eigenvalue weighted by Crippen LogP contribution is 2.76. The van der Waals surface area contributed by atoms with Crippen molar-refractivity contribution in [2.75, 3.05) is 20.8 Å². The van der Waals surface area contributed by atoms with Crippen LogP contribution in [-0.2, 0) is 28.5 Å². The molecule has 4 saturated carbocycles. The summed E-state index contributed by atoms with van der Waals surface area (Å²) in [6, 6.07) is 0. The molecule has 1 heterocycles. The molecular formula is C38H60O11. The van der Waals surface area contributed by atoms with Crippen molar-refractivity contribution in [3.05, 3.63) is 11.6 Å². The second kappa shape index (κ2) is 12.2. The number of hydrogen-bond acceptors (Lipinski definition) is 11. The van der Waals surface area contributed by atoms with Gasteiger partial charge in [0.2, 0.25) is 6.29 Å². The van der Waals surface area contributed by atoms with E-state index in [-0.39, 0.29) is 46.6 Å². The number of fused-ring (bicyclic) bond motifs is 7. The summed E-state index contributed by atoms with van der Waals surface area (Å²) in [7, 11) is 2.82. The van der Waals surface area contributed by atoms with Gasteiger partial charge in [0.15, 0.2) is 0 Å². The SMILES string of the molecule is COC[C@H]1O[C@@H](OC(=O)[C@]23CC[C@@H](C)[C@@](C)(O)[C@H]2C2=CC[C@@H]4[C@@]5(C)CC[C@H](O)[C@](C)(C(=O)OC)[C@@H]5CC[C@@]4(C)[C@]2(C)CC3)[C@H](O)[C@@H](O)[C@@H]1O. The van der Waals surface area contributed by atoms with Gasteiger partial charge >= 0.3 is 11.9 Å². The molecule has 49 heavy (non-hydrogen) atoms. The third-order valence-electron chi connectivity index (χ3n) is 16.0. The second-order valence-corrected chi connectivity index (χ2v) is 17.8. The fourth-order valence-electron chi connectivity index (χ4n) is 12.6. The van der Waals surface area contributed by atoms with Crippen molar-refractivity contribution in [2.45, 2.75) is 142 Å². The first-order valence-electron chi connectivity index (χ1n) is 18.4. The van der Waals surface area contributed by atoms with Crippen molar-refractivity contribution < 1.29 is 54.1 Å². The average molecular weight is 693 g/mol. The molecule has 0 aromatic carbocycles. The summed E-state index contributed by atoms with van der Waals surface area (Å²) < 4.78 is 22.2. The minimum Gasteiger partial charge on any atom is -0.469 e. The summed E-state index contributed by atoms with van der Waals surface area (Å²) >= 11 is 0. The highest BCUT2D eigenvalue weighted by molar-refractivity contribution is 5.79. The van der Waals surface area contributed by atoms with E-state index < -0.39 is 65.1 Å². The fraction of sp³-hybridized carbons (Fsp3) is 0.895. The molecule has 278 valence electrons. The van der Waals surface area contributed by atoms with E-state index in [9.17, 15) is 35.1 Å². The topological polar surface area (TPSA) is 172 Å². The maximum atomic E-state index is 14.6. The molecule has 16 atom stereocenters. The third-order valence-corrected chi connectivity index (χ3v) is 16.0. The Hall–Kier alpha value is -1.60. The molecule has 6 rings (SSSR count). The first-order valence-corrected chi connectivity index (χ1v) is 18.4. The van der Waals surface area contributed by atoms with Crippen LogP contribution >= 0.6 is 0 Å². The van der Waals surface area contributed by atoms with Gasteiger partial charge in [-0.25, -0.2) is 0 Å². The van der Waals surface area contributed by atoms with Crippen LogP contribution < -0.4 is 0 Å². The molecule has 0 radical (unpaired) electrons. The molecule has 1 aliphatic heterocycles. The predicted molar refractivity (Wildman–Crippen MR) is 177 cm³/mol. The molecular weight excluding hydrogens is 632 g/mol. The first kappa shape index (κ1) is 37.2. The van der Waals surface area contributed by atoms with E-state index in [4.69, 9.17) is 18.9 Å². The molecule has 11 heteroatoms. The Morgan fingerprint density at radius 2 is 1.55 bits per heavy atom. The van der Waals surface area contributed by atoms with Gasteiger partial charge in [-0.3, -0.25) is 9.59 Å². The summed E-state index contributed by atoms with van der Waals surface area (Å²) in [4.78, 5) is 27.9. The van der Waals surface area contributed by atoms with Crippen LogP contribution in [0.1, 0.15) is 99.3 Å². The van der Waals surface area contributed by atoms with Gasteiger partial charge in [0.05, 0.1) is 36.3 Å². The van der Waals surface area contributed by atoms with Crippen LogP contribution in [0, 0.1) is 50.7 Å². The van der Waals surface area contributed by atoms with Gasteiger partial charge in [-0.2, -0.15) is 0 Å². The number of allylic oxidation sites excluding steroid dienone is 1. The lowest BCUT2D eigenvalue weighted by Gasteiger charge is -2.71. The number of carbonyl (C=O) groups excluding carboxylic acids is 2. The zero-order valence-corrected chi connectivity index (χ0v) is 30.6. The Balaban J connectivity index is 1.38. The van der Waals surface area contributed by atoms with Gasteiger partial charge in [-0.05, 0) is 106 Å². The Bertz CT molecular complexity index is 1350. The normalized spacial score (nSPS) is 53.9. The average Bonchev–Trinajstić information content (AvgIpc) is 3.05. The fourth-order valence-corrected chi connectivity index (χ4v) is 12.6. The Morgan fingerprint density at radius 3 is 2.20 bits per heavy atom. The molecule has 0 spiro atoms. The number of aliphatic hydroxyl groups excluding tert-OH is 4. The number of carbonyl (C=O) groups is 2. The Morgan fingerprint density at radius 1 is 0.857 bits per heavy atom. The lowest BCUT2D eigenvalue weighted by molar-refractivity contribution is -0.300. The maximum Gasteiger partial charge on any atom is 0.315 e. The standard InChI is InChI=1S/C38H60O11/c1-20-11-16-38(32(44)49-30-28(42)27(41)26(40)22(48-30)19-46-7)18-17-34(3)21(29(38)37(20,6)45)9-10-23-33(2)14-13-25(39)36(5,31(43)47-8)24(33)12-15-35(23,34)4/h9,20,22-30,39-42,45H,10-19H2,1-8H3/t20-,22-,23-,24-,25+,26-,27+,28-,29-,30+,33-,34-,35-,36-,37-,38+/m1/s1. The molecule has 5 N–H and O–H groups in total. The largest absolute Gasteiger partial charge is 0.469 e. The van der Waals surface area contributed by atoms with Crippen molar-refractivity contribution >= 4 is 11.9 Å². The van der Waals surface area contributed by atoms with Crippen molar-refractivity contribution in [1.82, 2.24) is 0 Å². The lowest BCUT2D eigenvalue weighted by atomic mass is 9.33. The van der Waals surface area contributed by atoms with E-state index in [1.54, 1.807) is 0 Å². The van der Waals surface area contributed by atoms with Crippen LogP contribution in [-0.4, -0.2) is 101 Å². The van der Waals surface area contributed by atoms with E-state index in [1.165, 1.54) is 14.2 Å². The summed E-state index contributed by atoms with van der Waals surface area (Å²) in [6.07, 6.45) is 0.194. The maximum absolute atomic E-state index is 14.6. The molecule has 1 saturated heterocycles. The van der Waals surface area contributed by atoms with Crippen LogP contribution in [0.2, 0.25) is 0 Å². The molecule has 6 aliphatic rings. The quantitative estimate of drug-likeness (QED) is 0.212. The number of hydrogen-bond donors (Lipinski definition) is 5. The molecule has 5 fully saturated rings. The van der Waals surface area contributed by atoms with Crippen LogP contribution in [0.15, 0.2) is 11.6 Å². The molecule has 0 amide bonds. The third kappa shape index (κ3) is 4.92. The predicted octanol–water partition coefficient (Wildman–Crippen LogP) is 3.27. The van der Waals surface area contributed by atoms with E-state index in [2.05, 4.69) is 26.8 Å². The van der Waals surface area contributed by atoms with E-state index in [1.807, 2.05) is 20.8 Å². The zero-order valence-electron chi connectivity index (χ0n) is 30.6. The van der Waals surface area contributed by atoms with Gasteiger partial charge in [-0.15, -0.1) is 0 Å². The van der Waals surface area contributed by atoms with Crippen LogP contribution in [0.5, 0.6) is 0 Å². The number of methoxy groups -OCH3 is 2. The number of ether oxygens (including phenoxy) is 4. The first-order chi connectivity index (χ1) is 22.8. The molecule has 0 unspecified atom stereocenters. The van der Waals surface area contributed by atoms with E-state index >= 15 is 0 Å². The lowest BCUT2D eigenvalue weighted by Crippen LogP contribution is -2.69. The van der Waals surface area contributed by atoms with Crippen molar-refractivity contribution in [2.24, 2.45) is 50.7 Å². The number of rotatable bonds is 5. The smallest absolute Gasteiger partial charge is 0.315 e. The Kier molecular flexibility index (Phi) is 9.28. The van der Waals surface area contributed by atoms with Crippen LogP contribution in [0.4, 0.5) is 0 Å². The Labute approximate surface area is 290 Å². The van der Waals surface area contributed by atoms with Gasteiger partial charge in [0.1, 0.15) is 24.4 Å². The summed E-state index contributed by atoms with van der Waals surface area (Å²) in [5.74, 6) is -1.44. The van der Waals surface area contributed by atoms with Gasteiger partial charge < -0.3 is 44.5 Å². The van der Waals surface area contributed by atoms with Gasteiger partial charge in [-0.1, -0.05) is 39.3 Å². The highest BCUT2D eigenvalue weighted by Gasteiger charge is 2.73. The summed E-state index contributed by atoms with van der Waals surface area (Å²) in [5.41, 5.74) is -3.09. The summed E-state index contributed by atoms with van der Waals surface area (Å²) in [5, 5.41) is 55.6. The summed E-state index contributed by atoms with van der Waals surface area (Å²) in [6.45, 7) is 12.7. The highest BCUT2D eigenvalue weighted by atomic mass is 16.7. The van der Waals surface area contributed by atoms with Gasteiger partial charge in [0.25, 0.3) is 0 Å². The van der Waals surface area contributed by atoms with Crippen LogP contribution in [0.3, 0.4) is 0 Å². The van der Waals surface area contributed by atoms with Crippen molar-refractivity contribution in [1.29, 1.82) is 0 Å². The number of esters is 2. The second-order valence-electron chi connectivity index (χ2n) is 17.8. The zero-order chi connectivity index (χ0) is 36.1. The molecule has 0 bridgehead atoms. The van der Waals surface area contributed by atoms with E-state index in [0.29, 0.717) is 32.1 Å². The molecule has 5 aliphatic carbocycles. The minimum absolute atomic E-state index is 0.0546. The minimum atomic E-state index is -1.66. The van der Waals surface area contributed by atoms with Gasteiger partial charge in [0, 0.05) is 13.0 Å². The van der Waals surface area contributed by atoms with E-state index in [0.717, 1.165) is 31.3 Å².